The van der Waals surface area contributed by atoms with E-state index >= 15 is 0 Å². The number of benzene rings is 2. The van der Waals surface area contributed by atoms with Crippen molar-refractivity contribution < 1.29 is 19.1 Å². The maximum Gasteiger partial charge on any atom is 0.249 e. The van der Waals surface area contributed by atoms with Crippen molar-refractivity contribution in [2.75, 3.05) is 19.0 Å². The Morgan fingerprint density at radius 2 is 1.89 bits per heavy atom. The quantitative estimate of drug-likeness (QED) is 0.316. The highest BCUT2D eigenvalue weighted by molar-refractivity contribution is 9.11. The minimum absolute atomic E-state index is 0.352. The number of nitrogens with one attached hydrogen (secondary N) is 2. The van der Waals surface area contributed by atoms with Crippen LogP contribution >= 0.6 is 31.9 Å². The molecule has 0 aliphatic heterocycles. The third kappa shape index (κ3) is 6.35. The molecule has 0 fully saturated rings. The molecule has 0 heterocycles. The second-order valence-corrected chi connectivity index (χ2v) is 7.17. The summed E-state index contributed by atoms with van der Waals surface area (Å²) in [4.78, 5) is 23.9. The number of ether oxygens (including phenoxy) is 2. The van der Waals surface area contributed by atoms with Crippen LogP contribution in [-0.2, 0) is 9.59 Å². The first-order valence-electron chi connectivity index (χ1n) is 8.31. The monoisotopic (exact) mass is 511 g/mol. The average Bonchev–Trinajstić information content (AvgIpc) is 2.64. The molecule has 148 valence electrons. The van der Waals surface area contributed by atoms with Crippen LogP contribution in [0.4, 0.5) is 5.69 Å². The number of para-hydroxylation sites is 1. The normalized spacial score (nSPS) is 10.6. The van der Waals surface area contributed by atoms with Gasteiger partial charge in [-0.15, -0.1) is 0 Å². The fraction of sp³-hybridized carbons (Fsp3) is 0.211. The van der Waals surface area contributed by atoms with Gasteiger partial charge in [0.15, 0.2) is 11.5 Å². The molecule has 2 N–H and O–H groups in total. The summed E-state index contributed by atoms with van der Waals surface area (Å²) in [5.74, 6) is 0.163. The van der Waals surface area contributed by atoms with Crippen LogP contribution in [0.3, 0.4) is 0 Å². The fourth-order valence-electron chi connectivity index (χ4n) is 2.24. The number of methoxy groups -OCH3 is 1. The second-order valence-electron chi connectivity index (χ2n) is 5.47. The van der Waals surface area contributed by atoms with Crippen LogP contribution in [-0.4, -0.2) is 31.7 Å². The Labute approximate surface area is 179 Å². The second kappa shape index (κ2) is 10.8. The van der Waals surface area contributed by atoms with E-state index in [0.717, 1.165) is 4.47 Å². The number of nitrogens with zero attached hydrogens (tertiary/aromatic N) is 1. The molecule has 0 atom stereocenters. The molecule has 2 aromatic carbocycles. The first-order valence-corrected chi connectivity index (χ1v) is 9.89. The standard InChI is InChI=1S/C19H19Br2N3O4/c1-3-28-16-9-12(8-14(21)19(16)27-2)11-22-24-18(26)10-17(25)23-15-7-5-4-6-13(15)20/h4-9,11H,3,10H2,1-2H3,(H,23,25)(H,24,26). The Bertz CT molecular complexity index is 887. The number of amides is 2. The van der Waals surface area contributed by atoms with Gasteiger partial charge >= 0.3 is 0 Å². The summed E-state index contributed by atoms with van der Waals surface area (Å²) in [5, 5.41) is 6.54. The van der Waals surface area contributed by atoms with Crippen molar-refractivity contribution in [1.29, 1.82) is 0 Å². The molecule has 2 amide bonds. The van der Waals surface area contributed by atoms with Crippen molar-refractivity contribution in [3.05, 3.63) is 50.9 Å². The van der Waals surface area contributed by atoms with E-state index in [-0.39, 0.29) is 6.42 Å². The van der Waals surface area contributed by atoms with Gasteiger partial charge in [-0.3, -0.25) is 9.59 Å². The number of carbonyl (C=O) groups excluding carboxylic acids is 2. The van der Waals surface area contributed by atoms with Crippen molar-refractivity contribution in [3.63, 3.8) is 0 Å². The van der Waals surface area contributed by atoms with E-state index in [1.807, 2.05) is 13.0 Å². The summed E-state index contributed by atoms with van der Waals surface area (Å²) < 4.78 is 12.3. The van der Waals surface area contributed by atoms with E-state index in [9.17, 15) is 9.59 Å². The van der Waals surface area contributed by atoms with Gasteiger partial charge in [-0.25, -0.2) is 5.43 Å². The van der Waals surface area contributed by atoms with E-state index in [2.05, 4.69) is 47.7 Å². The van der Waals surface area contributed by atoms with E-state index in [4.69, 9.17) is 9.47 Å². The van der Waals surface area contributed by atoms with Gasteiger partial charge in [0.05, 0.1) is 30.1 Å². The van der Waals surface area contributed by atoms with Gasteiger partial charge in [-0.1, -0.05) is 12.1 Å². The molecule has 0 saturated carbocycles. The van der Waals surface area contributed by atoms with E-state index in [0.29, 0.717) is 33.8 Å². The SMILES string of the molecule is CCOc1cc(C=NNC(=O)CC(=O)Nc2ccccc2Br)cc(Br)c1OC. The molecule has 0 aliphatic rings. The number of hydrazone groups is 1. The van der Waals surface area contributed by atoms with Crippen molar-refractivity contribution in [2.45, 2.75) is 13.3 Å². The Morgan fingerprint density at radius 3 is 2.57 bits per heavy atom. The van der Waals surface area contributed by atoms with Crippen molar-refractivity contribution >= 4 is 55.6 Å². The van der Waals surface area contributed by atoms with Gasteiger partial charge in [-0.05, 0) is 68.6 Å². The lowest BCUT2D eigenvalue weighted by Crippen LogP contribution is -2.24. The average molecular weight is 513 g/mol. The molecule has 0 spiro atoms. The highest BCUT2D eigenvalue weighted by atomic mass is 79.9. The smallest absolute Gasteiger partial charge is 0.249 e. The van der Waals surface area contributed by atoms with Gasteiger partial charge in [0.2, 0.25) is 11.8 Å². The molecule has 2 aromatic rings. The summed E-state index contributed by atoms with van der Waals surface area (Å²) in [5.41, 5.74) is 3.61. The maximum absolute atomic E-state index is 12.0. The molecular formula is C19H19Br2N3O4. The lowest BCUT2D eigenvalue weighted by Gasteiger charge is -2.11. The fourth-order valence-corrected chi connectivity index (χ4v) is 3.25. The summed E-state index contributed by atoms with van der Waals surface area (Å²) in [6.45, 7) is 2.35. The molecule has 9 heteroatoms. The molecule has 2 rings (SSSR count). The number of hydrogen-bond acceptors (Lipinski definition) is 5. The van der Waals surface area contributed by atoms with Crippen LogP contribution in [0, 0.1) is 0 Å². The maximum atomic E-state index is 12.0. The summed E-state index contributed by atoms with van der Waals surface area (Å²) in [7, 11) is 1.55. The topological polar surface area (TPSA) is 89.0 Å². The molecule has 0 aromatic heterocycles. The summed E-state index contributed by atoms with van der Waals surface area (Å²) in [6.07, 6.45) is 1.10. The predicted molar refractivity (Wildman–Crippen MR) is 115 cm³/mol. The zero-order valence-corrected chi connectivity index (χ0v) is 18.5. The van der Waals surface area contributed by atoms with Crippen LogP contribution in [0.2, 0.25) is 0 Å². The molecule has 0 bridgehead atoms. The largest absolute Gasteiger partial charge is 0.492 e. The summed E-state index contributed by atoms with van der Waals surface area (Å²) in [6, 6.07) is 10.7. The van der Waals surface area contributed by atoms with Crippen LogP contribution < -0.4 is 20.2 Å². The molecular weight excluding hydrogens is 494 g/mol. The van der Waals surface area contributed by atoms with Crippen LogP contribution in [0.25, 0.3) is 0 Å². The first-order chi connectivity index (χ1) is 13.4. The molecule has 0 radical (unpaired) electrons. The van der Waals surface area contributed by atoms with Crippen molar-refractivity contribution in [1.82, 2.24) is 5.43 Å². The van der Waals surface area contributed by atoms with Crippen LogP contribution in [0.1, 0.15) is 18.9 Å². The highest BCUT2D eigenvalue weighted by Gasteiger charge is 2.12. The Morgan fingerprint density at radius 1 is 1.14 bits per heavy atom. The number of halogens is 2. The number of rotatable bonds is 8. The van der Waals surface area contributed by atoms with E-state index in [1.165, 1.54) is 6.21 Å². The minimum atomic E-state index is -0.529. The van der Waals surface area contributed by atoms with E-state index < -0.39 is 11.8 Å². The molecule has 0 aliphatic carbocycles. The van der Waals surface area contributed by atoms with Crippen molar-refractivity contribution in [2.24, 2.45) is 5.10 Å². The van der Waals surface area contributed by atoms with Gasteiger partial charge in [0.25, 0.3) is 0 Å². The van der Waals surface area contributed by atoms with Gasteiger partial charge in [0.1, 0.15) is 6.42 Å². The van der Waals surface area contributed by atoms with Gasteiger partial charge in [-0.2, -0.15) is 5.10 Å². The van der Waals surface area contributed by atoms with E-state index in [1.54, 1.807) is 37.4 Å². The van der Waals surface area contributed by atoms with Crippen LogP contribution in [0.15, 0.2) is 50.4 Å². The summed E-state index contributed by atoms with van der Waals surface area (Å²) >= 11 is 6.74. The van der Waals surface area contributed by atoms with Gasteiger partial charge < -0.3 is 14.8 Å². The Balaban J connectivity index is 1.94. The predicted octanol–water partition coefficient (Wildman–Crippen LogP) is 4.10. The minimum Gasteiger partial charge on any atom is -0.492 e. The molecule has 0 saturated heterocycles. The van der Waals surface area contributed by atoms with Crippen molar-refractivity contribution in [3.8, 4) is 11.5 Å². The Hall–Kier alpha value is -2.39. The van der Waals surface area contributed by atoms with Gasteiger partial charge in [0, 0.05) is 4.47 Å². The third-order valence-electron chi connectivity index (χ3n) is 3.41. The zero-order valence-electron chi connectivity index (χ0n) is 15.3. The molecule has 7 nitrogen and oxygen atoms in total. The zero-order chi connectivity index (χ0) is 20.5. The third-order valence-corrected chi connectivity index (χ3v) is 4.69. The first kappa shape index (κ1) is 21.9. The number of hydrogen-bond donors (Lipinski definition) is 2. The Kier molecular flexibility index (Phi) is 8.46. The lowest BCUT2D eigenvalue weighted by molar-refractivity contribution is -0.126. The number of anilines is 1. The van der Waals surface area contributed by atoms with Crippen LogP contribution in [0.5, 0.6) is 11.5 Å². The molecule has 0 unspecified atom stereocenters. The number of carbonyl (C=O) groups is 2. The highest BCUT2D eigenvalue weighted by Crippen LogP contribution is 2.36. The lowest BCUT2D eigenvalue weighted by atomic mass is 10.2. The molecule has 28 heavy (non-hydrogen) atoms.